The van der Waals surface area contributed by atoms with Crippen LogP contribution in [0.5, 0.6) is 0 Å². The van der Waals surface area contributed by atoms with E-state index in [1.807, 2.05) is 30.9 Å². The number of aryl methyl sites for hydroxylation is 1. The molecule has 110 valence electrons. The number of pyridine rings is 1. The van der Waals surface area contributed by atoms with Gasteiger partial charge in [0.25, 0.3) is 5.91 Å². The van der Waals surface area contributed by atoms with Crippen molar-refractivity contribution in [2.45, 2.75) is 40.0 Å². The topological polar surface area (TPSA) is 45.2 Å². The van der Waals surface area contributed by atoms with Crippen molar-refractivity contribution in [2.24, 2.45) is 5.92 Å². The Bertz CT molecular complexity index is 469. The monoisotopic (exact) mass is 275 g/mol. The molecule has 1 aromatic rings. The lowest BCUT2D eigenvalue weighted by atomic mass is 9.85. The summed E-state index contributed by atoms with van der Waals surface area (Å²) in [6.07, 6.45) is 3.85. The summed E-state index contributed by atoms with van der Waals surface area (Å²) in [6.45, 7) is 8.49. The predicted octanol–water partition coefficient (Wildman–Crippen LogP) is 3.08. The van der Waals surface area contributed by atoms with Crippen LogP contribution in [0.1, 0.15) is 49.2 Å². The van der Waals surface area contributed by atoms with Crippen molar-refractivity contribution in [2.75, 3.05) is 25.0 Å². The van der Waals surface area contributed by atoms with Gasteiger partial charge in [0.2, 0.25) is 0 Å². The maximum absolute atomic E-state index is 12.6. The molecule has 0 atom stereocenters. The minimum Gasteiger partial charge on any atom is -0.370 e. The van der Waals surface area contributed by atoms with E-state index in [2.05, 4.69) is 17.2 Å². The number of anilines is 1. The standard InChI is InChI=1S/C16H25N3O/c1-4-17-15-10-14(9-12(3)18-15)16(20)19(5-2)11-13-7-6-8-13/h9-10,13H,4-8,11H2,1-3H3,(H,17,18). The molecule has 0 radical (unpaired) electrons. The minimum absolute atomic E-state index is 0.129. The fourth-order valence-electron chi connectivity index (χ4n) is 2.59. The summed E-state index contributed by atoms with van der Waals surface area (Å²) >= 11 is 0. The van der Waals surface area contributed by atoms with Gasteiger partial charge >= 0.3 is 0 Å². The van der Waals surface area contributed by atoms with E-state index in [9.17, 15) is 4.79 Å². The average Bonchev–Trinajstić information content (AvgIpc) is 2.37. The van der Waals surface area contributed by atoms with Crippen LogP contribution >= 0.6 is 0 Å². The molecular formula is C16H25N3O. The number of hydrogen-bond donors (Lipinski definition) is 1. The van der Waals surface area contributed by atoms with E-state index in [0.717, 1.165) is 36.7 Å². The van der Waals surface area contributed by atoms with Crippen LogP contribution in [0.15, 0.2) is 12.1 Å². The maximum atomic E-state index is 12.6. The van der Waals surface area contributed by atoms with Crippen LogP contribution in [-0.2, 0) is 0 Å². The average molecular weight is 275 g/mol. The van der Waals surface area contributed by atoms with Crippen LogP contribution in [-0.4, -0.2) is 35.4 Å². The number of carbonyl (C=O) groups is 1. The molecule has 1 aliphatic rings. The minimum atomic E-state index is 0.129. The second-order valence-electron chi connectivity index (χ2n) is 5.55. The van der Waals surface area contributed by atoms with Crippen LogP contribution in [0, 0.1) is 12.8 Å². The van der Waals surface area contributed by atoms with E-state index in [0.29, 0.717) is 5.92 Å². The fraction of sp³-hybridized carbons (Fsp3) is 0.625. The highest BCUT2D eigenvalue weighted by Crippen LogP contribution is 2.27. The Hall–Kier alpha value is -1.58. The van der Waals surface area contributed by atoms with Gasteiger partial charge in [-0.1, -0.05) is 6.42 Å². The third kappa shape index (κ3) is 3.50. The van der Waals surface area contributed by atoms with Gasteiger partial charge in [0.1, 0.15) is 5.82 Å². The second kappa shape index (κ2) is 6.73. The molecule has 0 spiro atoms. The molecule has 1 heterocycles. The van der Waals surface area contributed by atoms with Crippen LogP contribution in [0.3, 0.4) is 0 Å². The number of rotatable bonds is 6. The molecule has 1 amide bonds. The summed E-state index contributed by atoms with van der Waals surface area (Å²) in [7, 11) is 0. The molecule has 0 aliphatic heterocycles. The Kier molecular flexibility index (Phi) is 4.99. The Morgan fingerprint density at radius 3 is 2.70 bits per heavy atom. The van der Waals surface area contributed by atoms with Crippen molar-refractivity contribution in [3.8, 4) is 0 Å². The van der Waals surface area contributed by atoms with Gasteiger partial charge in [0.15, 0.2) is 0 Å². The number of nitrogens with one attached hydrogen (secondary N) is 1. The second-order valence-corrected chi connectivity index (χ2v) is 5.55. The SMILES string of the molecule is CCNc1cc(C(=O)N(CC)CC2CCC2)cc(C)n1. The lowest BCUT2D eigenvalue weighted by Crippen LogP contribution is -2.37. The molecule has 20 heavy (non-hydrogen) atoms. The molecule has 1 saturated carbocycles. The summed E-state index contributed by atoms with van der Waals surface area (Å²) in [6, 6.07) is 3.74. The van der Waals surface area contributed by atoms with E-state index >= 15 is 0 Å². The molecule has 4 heteroatoms. The zero-order valence-electron chi connectivity index (χ0n) is 12.8. The summed E-state index contributed by atoms with van der Waals surface area (Å²) in [5, 5.41) is 3.18. The number of hydrogen-bond acceptors (Lipinski definition) is 3. The lowest BCUT2D eigenvalue weighted by molar-refractivity contribution is 0.0706. The van der Waals surface area contributed by atoms with Crippen molar-refractivity contribution in [3.63, 3.8) is 0 Å². The van der Waals surface area contributed by atoms with Gasteiger partial charge in [-0.2, -0.15) is 0 Å². The molecule has 0 aromatic carbocycles. The zero-order chi connectivity index (χ0) is 14.5. The summed E-state index contributed by atoms with van der Waals surface area (Å²) in [4.78, 5) is 19.0. The Morgan fingerprint density at radius 1 is 1.40 bits per heavy atom. The van der Waals surface area contributed by atoms with Gasteiger partial charge < -0.3 is 10.2 Å². The van der Waals surface area contributed by atoms with Crippen molar-refractivity contribution in [1.82, 2.24) is 9.88 Å². The molecule has 0 bridgehead atoms. The number of aromatic nitrogens is 1. The van der Waals surface area contributed by atoms with Gasteiger partial charge in [-0.25, -0.2) is 4.98 Å². The van der Waals surface area contributed by atoms with Crippen LogP contribution in [0.25, 0.3) is 0 Å². The van der Waals surface area contributed by atoms with Crippen molar-refractivity contribution >= 4 is 11.7 Å². The normalized spacial score (nSPS) is 14.8. The number of nitrogens with zero attached hydrogens (tertiary/aromatic N) is 2. The van der Waals surface area contributed by atoms with Crippen LogP contribution in [0.2, 0.25) is 0 Å². The molecule has 0 saturated heterocycles. The third-order valence-corrected chi connectivity index (χ3v) is 3.93. The third-order valence-electron chi connectivity index (χ3n) is 3.93. The molecule has 1 aromatic heterocycles. The molecule has 4 nitrogen and oxygen atoms in total. The number of carbonyl (C=O) groups excluding carboxylic acids is 1. The first-order valence-corrected chi connectivity index (χ1v) is 7.65. The van der Waals surface area contributed by atoms with E-state index < -0.39 is 0 Å². The first-order valence-electron chi connectivity index (χ1n) is 7.65. The molecule has 2 rings (SSSR count). The van der Waals surface area contributed by atoms with Gasteiger partial charge in [-0.05, 0) is 51.7 Å². The molecular weight excluding hydrogens is 250 g/mol. The zero-order valence-corrected chi connectivity index (χ0v) is 12.8. The van der Waals surface area contributed by atoms with Gasteiger partial charge in [-0.15, -0.1) is 0 Å². The first kappa shape index (κ1) is 14.8. The lowest BCUT2D eigenvalue weighted by Gasteiger charge is -2.32. The molecule has 1 aliphatic carbocycles. The van der Waals surface area contributed by atoms with Gasteiger partial charge in [0, 0.05) is 30.9 Å². The molecule has 0 unspecified atom stereocenters. The first-order chi connectivity index (χ1) is 9.63. The van der Waals surface area contributed by atoms with Gasteiger partial charge in [0.05, 0.1) is 0 Å². The van der Waals surface area contributed by atoms with Crippen molar-refractivity contribution in [3.05, 3.63) is 23.4 Å². The smallest absolute Gasteiger partial charge is 0.254 e. The van der Waals surface area contributed by atoms with Crippen LogP contribution in [0.4, 0.5) is 5.82 Å². The predicted molar refractivity (Wildman–Crippen MR) is 82.1 cm³/mol. The van der Waals surface area contributed by atoms with Crippen molar-refractivity contribution < 1.29 is 4.79 Å². The summed E-state index contributed by atoms with van der Waals surface area (Å²) < 4.78 is 0. The highest BCUT2D eigenvalue weighted by atomic mass is 16.2. The largest absolute Gasteiger partial charge is 0.370 e. The van der Waals surface area contributed by atoms with Crippen molar-refractivity contribution in [1.29, 1.82) is 0 Å². The van der Waals surface area contributed by atoms with Crippen LogP contribution < -0.4 is 5.32 Å². The Morgan fingerprint density at radius 2 is 2.15 bits per heavy atom. The van der Waals surface area contributed by atoms with E-state index in [1.165, 1.54) is 19.3 Å². The maximum Gasteiger partial charge on any atom is 0.254 e. The summed E-state index contributed by atoms with van der Waals surface area (Å²) in [5.74, 6) is 1.62. The van der Waals surface area contributed by atoms with E-state index in [1.54, 1.807) is 0 Å². The highest BCUT2D eigenvalue weighted by Gasteiger charge is 2.23. The Balaban J connectivity index is 2.12. The highest BCUT2D eigenvalue weighted by molar-refractivity contribution is 5.95. The molecule has 1 N–H and O–H groups in total. The van der Waals surface area contributed by atoms with E-state index in [4.69, 9.17) is 0 Å². The quantitative estimate of drug-likeness (QED) is 0.867. The summed E-state index contributed by atoms with van der Waals surface area (Å²) in [5.41, 5.74) is 1.63. The Labute approximate surface area is 121 Å². The molecule has 1 fully saturated rings. The van der Waals surface area contributed by atoms with Gasteiger partial charge in [-0.3, -0.25) is 4.79 Å². The number of amides is 1. The fourth-order valence-corrected chi connectivity index (χ4v) is 2.59. The van der Waals surface area contributed by atoms with E-state index in [-0.39, 0.29) is 5.91 Å².